The van der Waals surface area contributed by atoms with Gasteiger partial charge in [-0.1, -0.05) is 91.9 Å². The average molecular weight is 307 g/mol. The predicted molar refractivity (Wildman–Crippen MR) is 103 cm³/mol. The standard InChI is InChI=1S/C24H19/c1-2-18-17-23(19-11-5-3-6-12-19)24(20-13-7-4-8-14-20)22-16-10-9-15-21(18)22/h3-16H,2H2,1H3. The number of aryl methyl sites for hydroxylation is 1. The summed E-state index contributed by atoms with van der Waals surface area (Å²) in [5.74, 6) is 0. The van der Waals surface area contributed by atoms with E-state index in [9.17, 15) is 0 Å². The van der Waals surface area contributed by atoms with Crippen LogP contribution in [0.25, 0.3) is 33.0 Å². The molecule has 0 heterocycles. The minimum atomic E-state index is 0.982. The molecule has 0 spiro atoms. The van der Waals surface area contributed by atoms with Gasteiger partial charge < -0.3 is 0 Å². The minimum absolute atomic E-state index is 0.982. The molecule has 115 valence electrons. The molecule has 0 aliphatic heterocycles. The Morgan fingerprint density at radius 1 is 0.625 bits per heavy atom. The normalized spacial score (nSPS) is 10.9. The van der Waals surface area contributed by atoms with Crippen LogP contribution in [0, 0.1) is 6.07 Å². The maximum absolute atomic E-state index is 3.72. The Hall–Kier alpha value is -2.86. The first-order chi connectivity index (χ1) is 11.9. The Bertz CT molecular complexity index is 967. The molecule has 4 aromatic rings. The lowest BCUT2D eigenvalue weighted by Gasteiger charge is -2.16. The van der Waals surface area contributed by atoms with E-state index in [0.717, 1.165) is 6.42 Å². The summed E-state index contributed by atoms with van der Waals surface area (Å²) in [7, 11) is 0. The molecule has 0 saturated carbocycles. The highest BCUT2D eigenvalue weighted by molar-refractivity contribution is 6.05. The molecule has 4 aromatic carbocycles. The van der Waals surface area contributed by atoms with Crippen LogP contribution in [0.15, 0.2) is 84.9 Å². The lowest BCUT2D eigenvalue weighted by Crippen LogP contribution is -1.93. The fourth-order valence-corrected chi connectivity index (χ4v) is 3.38. The van der Waals surface area contributed by atoms with Crippen LogP contribution in [-0.4, -0.2) is 0 Å². The van der Waals surface area contributed by atoms with Crippen molar-refractivity contribution in [2.75, 3.05) is 0 Å². The van der Waals surface area contributed by atoms with Gasteiger partial charge in [-0.25, -0.2) is 0 Å². The summed E-state index contributed by atoms with van der Waals surface area (Å²) >= 11 is 0. The number of rotatable bonds is 3. The summed E-state index contributed by atoms with van der Waals surface area (Å²) in [6, 6.07) is 33.7. The van der Waals surface area contributed by atoms with Gasteiger partial charge in [0.15, 0.2) is 0 Å². The fraction of sp³-hybridized carbons (Fsp3) is 0.0833. The highest BCUT2D eigenvalue weighted by Gasteiger charge is 2.14. The van der Waals surface area contributed by atoms with Crippen molar-refractivity contribution in [2.45, 2.75) is 13.3 Å². The lowest BCUT2D eigenvalue weighted by atomic mass is 9.87. The Balaban J connectivity index is 2.14. The topological polar surface area (TPSA) is 0 Å². The molecule has 0 aromatic heterocycles. The van der Waals surface area contributed by atoms with Crippen LogP contribution in [0.3, 0.4) is 0 Å². The van der Waals surface area contributed by atoms with Crippen LogP contribution in [-0.2, 0) is 6.42 Å². The van der Waals surface area contributed by atoms with Crippen LogP contribution in [0.1, 0.15) is 12.5 Å². The zero-order chi connectivity index (χ0) is 16.4. The molecule has 0 bridgehead atoms. The van der Waals surface area contributed by atoms with E-state index in [1.54, 1.807) is 0 Å². The molecule has 0 fully saturated rings. The zero-order valence-electron chi connectivity index (χ0n) is 13.8. The zero-order valence-corrected chi connectivity index (χ0v) is 13.8. The lowest BCUT2D eigenvalue weighted by molar-refractivity contribution is 1.16. The van der Waals surface area contributed by atoms with Gasteiger partial charge >= 0.3 is 0 Å². The largest absolute Gasteiger partial charge is 0.0622 e. The van der Waals surface area contributed by atoms with E-state index < -0.39 is 0 Å². The van der Waals surface area contributed by atoms with E-state index in [2.05, 4.69) is 97.9 Å². The third-order valence-electron chi connectivity index (χ3n) is 4.53. The Morgan fingerprint density at radius 2 is 1.17 bits per heavy atom. The SMILES string of the molecule is CCc1[c]c(-c2ccccc2)c(-c2ccccc2)c2ccccc12. The summed E-state index contributed by atoms with van der Waals surface area (Å²) in [6.07, 6.45) is 0.982. The second-order valence-corrected chi connectivity index (χ2v) is 5.98. The van der Waals surface area contributed by atoms with Crippen LogP contribution in [0.2, 0.25) is 0 Å². The second-order valence-electron chi connectivity index (χ2n) is 5.98. The van der Waals surface area contributed by atoms with E-state index in [-0.39, 0.29) is 0 Å². The van der Waals surface area contributed by atoms with Crippen molar-refractivity contribution in [3.8, 4) is 22.3 Å². The van der Waals surface area contributed by atoms with Gasteiger partial charge in [-0.15, -0.1) is 0 Å². The molecule has 0 saturated heterocycles. The minimum Gasteiger partial charge on any atom is -0.0622 e. The first-order valence-corrected chi connectivity index (χ1v) is 8.46. The molecule has 0 aliphatic rings. The molecule has 0 aliphatic carbocycles. The summed E-state index contributed by atoms with van der Waals surface area (Å²) in [5.41, 5.74) is 6.21. The molecule has 0 nitrogen and oxygen atoms in total. The molecule has 24 heavy (non-hydrogen) atoms. The molecule has 0 unspecified atom stereocenters. The monoisotopic (exact) mass is 307 g/mol. The number of fused-ring (bicyclic) bond motifs is 1. The number of benzene rings is 4. The van der Waals surface area contributed by atoms with Crippen molar-refractivity contribution in [1.82, 2.24) is 0 Å². The van der Waals surface area contributed by atoms with Gasteiger partial charge in [-0.3, -0.25) is 0 Å². The van der Waals surface area contributed by atoms with E-state index in [0.29, 0.717) is 0 Å². The van der Waals surface area contributed by atoms with E-state index in [1.807, 2.05) is 0 Å². The quantitative estimate of drug-likeness (QED) is 0.403. The molecule has 4 rings (SSSR count). The van der Waals surface area contributed by atoms with Gasteiger partial charge in [0.05, 0.1) is 0 Å². The predicted octanol–water partition coefficient (Wildman–Crippen LogP) is 6.54. The van der Waals surface area contributed by atoms with Crippen molar-refractivity contribution >= 4 is 10.8 Å². The third kappa shape index (κ3) is 2.51. The van der Waals surface area contributed by atoms with Crippen molar-refractivity contribution in [2.24, 2.45) is 0 Å². The summed E-state index contributed by atoms with van der Waals surface area (Å²) in [6.45, 7) is 2.20. The van der Waals surface area contributed by atoms with Gasteiger partial charge in [0, 0.05) is 0 Å². The van der Waals surface area contributed by atoms with Crippen molar-refractivity contribution in [3.05, 3.63) is 96.6 Å². The highest BCUT2D eigenvalue weighted by Crippen LogP contribution is 2.39. The molecule has 0 atom stereocenters. The maximum Gasteiger partial charge on any atom is -0.00173 e. The highest BCUT2D eigenvalue weighted by atomic mass is 14.2. The Labute approximate surface area is 143 Å². The fourth-order valence-electron chi connectivity index (χ4n) is 3.38. The number of hydrogen-bond acceptors (Lipinski definition) is 0. The van der Waals surface area contributed by atoms with Gasteiger partial charge in [0.1, 0.15) is 0 Å². The maximum atomic E-state index is 3.72. The summed E-state index contributed by atoms with van der Waals surface area (Å²) < 4.78 is 0. The molecular weight excluding hydrogens is 288 g/mol. The molecule has 0 N–H and O–H groups in total. The van der Waals surface area contributed by atoms with Crippen LogP contribution in [0.5, 0.6) is 0 Å². The van der Waals surface area contributed by atoms with Crippen molar-refractivity contribution < 1.29 is 0 Å². The third-order valence-corrected chi connectivity index (χ3v) is 4.53. The summed E-state index contributed by atoms with van der Waals surface area (Å²) in [5, 5.41) is 2.61. The van der Waals surface area contributed by atoms with Crippen LogP contribution in [0.4, 0.5) is 0 Å². The molecule has 0 amide bonds. The first-order valence-electron chi connectivity index (χ1n) is 8.46. The second kappa shape index (κ2) is 6.33. The van der Waals surface area contributed by atoms with E-state index in [1.165, 1.54) is 38.6 Å². The summed E-state index contributed by atoms with van der Waals surface area (Å²) in [4.78, 5) is 0. The van der Waals surface area contributed by atoms with E-state index >= 15 is 0 Å². The van der Waals surface area contributed by atoms with Gasteiger partial charge in [-0.2, -0.15) is 0 Å². The molecule has 1 radical (unpaired) electrons. The smallest absolute Gasteiger partial charge is 0.00173 e. The van der Waals surface area contributed by atoms with E-state index in [4.69, 9.17) is 0 Å². The average Bonchev–Trinajstić information content (AvgIpc) is 2.68. The Kier molecular flexibility index (Phi) is 3.88. The molecule has 0 heteroatoms. The van der Waals surface area contributed by atoms with Gasteiger partial charge in [-0.05, 0) is 51.1 Å². The Morgan fingerprint density at radius 3 is 1.79 bits per heavy atom. The first kappa shape index (κ1) is 14.7. The van der Waals surface area contributed by atoms with Crippen molar-refractivity contribution in [3.63, 3.8) is 0 Å². The van der Waals surface area contributed by atoms with Crippen LogP contribution < -0.4 is 0 Å². The van der Waals surface area contributed by atoms with Gasteiger partial charge in [0.25, 0.3) is 0 Å². The number of hydrogen-bond donors (Lipinski definition) is 0. The molecular formula is C24H19. The van der Waals surface area contributed by atoms with Gasteiger partial charge in [0.2, 0.25) is 0 Å². The van der Waals surface area contributed by atoms with Crippen LogP contribution >= 0.6 is 0 Å². The van der Waals surface area contributed by atoms with Crippen molar-refractivity contribution in [1.29, 1.82) is 0 Å².